The molecule has 1 unspecified atom stereocenters. The highest BCUT2D eigenvalue weighted by atomic mass is 16.5. The number of rotatable bonds is 7. The molecule has 0 rings (SSSR count). The van der Waals surface area contributed by atoms with Gasteiger partial charge in [0.15, 0.2) is 0 Å². The first-order valence-corrected chi connectivity index (χ1v) is 5.67. The maximum absolute atomic E-state index is 11.5. The molecule has 0 bridgehead atoms. The second-order valence-electron chi connectivity index (χ2n) is 3.88. The normalized spacial score (nSPS) is 13.7. The van der Waals surface area contributed by atoms with Crippen molar-refractivity contribution in [2.24, 2.45) is 5.73 Å². The van der Waals surface area contributed by atoms with Crippen LogP contribution in [0.4, 0.5) is 0 Å². The summed E-state index contributed by atoms with van der Waals surface area (Å²) in [6, 6.07) is 0. The van der Waals surface area contributed by atoms with Gasteiger partial charge in [0.05, 0.1) is 0 Å². The lowest BCUT2D eigenvalue weighted by Crippen LogP contribution is -2.51. The molecule has 0 aromatic heterocycles. The Morgan fingerprint density at radius 2 is 1.93 bits per heavy atom. The van der Waals surface area contributed by atoms with Crippen molar-refractivity contribution >= 4 is 5.91 Å². The Kier molecular flexibility index (Phi) is 6.52. The van der Waals surface area contributed by atoms with E-state index in [1.807, 2.05) is 20.8 Å². The fourth-order valence-corrected chi connectivity index (χ4v) is 1.23. The first kappa shape index (κ1) is 14.4. The van der Waals surface area contributed by atoms with E-state index in [2.05, 4.69) is 5.32 Å². The number of amides is 1. The fraction of sp³-hybridized carbons (Fsp3) is 0.909. The molecular formula is C11H24N2O2. The smallest absolute Gasteiger partial charge is 0.248 e. The largest absolute Gasteiger partial charge is 0.369 e. The van der Waals surface area contributed by atoms with Gasteiger partial charge < -0.3 is 15.8 Å². The predicted molar refractivity (Wildman–Crippen MR) is 61.6 cm³/mol. The van der Waals surface area contributed by atoms with Crippen LogP contribution in [0.3, 0.4) is 0 Å². The van der Waals surface area contributed by atoms with Gasteiger partial charge in [-0.2, -0.15) is 0 Å². The van der Waals surface area contributed by atoms with Crippen LogP contribution >= 0.6 is 0 Å². The lowest BCUT2D eigenvalue weighted by molar-refractivity contribution is -0.131. The zero-order chi connectivity index (χ0) is 11.9. The van der Waals surface area contributed by atoms with Crippen molar-refractivity contribution in [3.8, 4) is 0 Å². The summed E-state index contributed by atoms with van der Waals surface area (Å²) in [7, 11) is 0. The van der Waals surface area contributed by atoms with Crippen molar-refractivity contribution in [1.29, 1.82) is 0 Å². The second-order valence-corrected chi connectivity index (χ2v) is 3.88. The van der Waals surface area contributed by atoms with Gasteiger partial charge in [-0.15, -0.1) is 0 Å². The lowest BCUT2D eigenvalue weighted by Gasteiger charge is -2.27. The summed E-state index contributed by atoms with van der Waals surface area (Å²) in [4.78, 5) is 11.5. The number of carbonyl (C=O) groups excluding carboxylic acids is 1. The summed E-state index contributed by atoms with van der Waals surface area (Å²) >= 11 is 0. The molecule has 0 radical (unpaired) electrons. The van der Waals surface area contributed by atoms with Crippen LogP contribution in [-0.4, -0.2) is 30.7 Å². The molecule has 0 aromatic carbocycles. The molecule has 4 nitrogen and oxygen atoms in total. The zero-order valence-corrected chi connectivity index (χ0v) is 10.3. The van der Waals surface area contributed by atoms with Crippen molar-refractivity contribution in [3.05, 3.63) is 0 Å². The number of ether oxygens (including phenoxy) is 1. The Bertz CT molecular complexity index is 191. The average molecular weight is 216 g/mol. The molecular weight excluding hydrogens is 192 g/mol. The van der Waals surface area contributed by atoms with E-state index in [4.69, 9.17) is 10.5 Å². The van der Waals surface area contributed by atoms with Gasteiger partial charge in [0.1, 0.15) is 6.10 Å². The van der Waals surface area contributed by atoms with E-state index in [0.29, 0.717) is 13.2 Å². The van der Waals surface area contributed by atoms with Crippen molar-refractivity contribution < 1.29 is 9.53 Å². The maximum Gasteiger partial charge on any atom is 0.248 e. The molecule has 15 heavy (non-hydrogen) atoms. The van der Waals surface area contributed by atoms with Crippen LogP contribution in [0.5, 0.6) is 0 Å². The SMILES string of the molecule is CCOC(C)C(=O)NCC(N)(CC)CC. The molecule has 4 heteroatoms. The number of hydrogen-bond donors (Lipinski definition) is 2. The van der Waals surface area contributed by atoms with Crippen LogP contribution in [0.2, 0.25) is 0 Å². The number of nitrogens with one attached hydrogen (secondary N) is 1. The Labute approximate surface area is 92.6 Å². The highest BCUT2D eigenvalue weighted by Crippen LogP contribution is 2.09. The van der Waals surface area contributed by atoms with Gasteiger partial charge in [0, 0.05) is 18.7 Å². The van der Waals surface area contributed by atoms with Gasteiger partial charge >= 0.3 is 0 Å². The monoisotopic (exact) mass is 216 g/mol. The maximum atomic E-state index is 11.5. The van der Waals surface area contributed by atoms with E-state index in [1.165, 1.54) is 0 Å². The predicted octanol–water partition coefficient (Wildman–Crippen LogP) is 1.05. The molecule has 0 aliphatic heterocycles. The fourth-order valence-electron chi connectivity index (χ4n) is 1.23. The molecule has 1 amide bonds. The van der Waals surface area contributed by atoms with Gasteiger partial charge in [-0.05, 0) is 26.7 Å². The van der Waals surface area contributed by atoms with Crippen molar-refractivity contribution in [2.45, 2.75) is 52.2 Å². The van der Waals surface area contributed by atoms with E-state index in [-0.39, 0.29) is 11.4 Å². The van der Waals surface area contributed by atoms with Crippen molar-refractivity contribution in [1.82, 2.24) is 5.32 Å². The summed E-state index contributed by atoms with van der Waals surface area (Å²) in [6.07, 6.45) is 1.31. The van der Waals surface area contributed by atoms with E-state index in [0.717, 1.165) is 12.8 Å². The third-order valence-corrected chi connectivity index (χ3v) is 2.81. The summed E-state index contributed by atoms with van der Waals surface area (Å²) in [6.45, 7) is 8.73. The van der Waals surface area contributed by atoms with Gasteiger partial charge in [0.25, 0.3) is 0 Å². The van der Waals surface area contributed by atoms with Crippen LogP contribution in [-0.2, 0) is 9.53 Å². The topological polar surface area (TPSA) is 64.3 Å². The van der Waals surface area contributed by atoms with E-state index in [9.17, 15) is 4.79 Å². The van der Waals surface area contributed by atoms with Crippen LogP contribution < -0.4 is 11.1 Å². The van der Waals surface area contributed by atoms with Gasteiger partial charge in [0.2, 0.25) is 5.91 Å². The summed E-state index contributed by atoms with van der Waals surface area (Å²) in [5.74, 6) is -0.0893. The number of nitrogens with two attached hydrogens (primary N) is 1. The Morgan fingerprint density at radius 1 is 1.40 bits per heavy atom. The van der Waals surface area contributed by atoms with Crippen molar-refractivity contribution in [3.63, 3.8) is 0 Å². The second kappa shape index (κ2) is 6.80. The molecule has 0 aliphatic rings. The highest BCUT2D eigenvalue weighted by Gasteiger charge is 2.22. The molecule has 0 fully saturated rings. The summed E-state index contributed by atoms with van der Waals surface area (Å²) < 4.78 is 5.18. The van der Waals surface area contributed by atoms with Crippen LogP contribution in [0.25, 0.3) is 0 Å². The molecule has 0 aromatic rings. The Morgan fingerprint density at radius 3 is 2.33 bits per heavy atom. The van der Waals surface area contributed by atoms with Gasteiger partial charge in [-0.1, -0.05) is 13.8 Å². The van der Waals surface area contributed by atoms with Crippen LogP contribution in [0, 0.1) is 0 Å². The number of carbonyl (C=O) groups is 1. The summed E-state index contributed by atoms with van der Waals surface area (Å²) in [5, 5.41) is 2.82. The van der Waals surface area contributed by atoms with Crippen molar-refractivity contribution in [2.75, 3.05) is 13.2 Å². The Hall–Kier alpha value is -0.610. The lowest BCUT2D eigenvalue weighted by atomic mass is 9.94. The minimum absolute atomic E-state index is 0.0893. The molecule has 0 saturated carbocycles. The van der Waals surface area contributed by atoms with Crippen LogP contribution in [0.1, 0.15) is 40.5 Å². The third kappa shape index (κ3) is 5.14. The Balaban J connectivity index is 3.98. The minimum Gasteiger partial charge on any atom is -0.369 e. The molecule has 1 atom stereocenters. The van der Waals surface area contributed by atoms with Gasteiger partial charge in [-0.25, -0.2) is 0 Å². The molecule has 3 N–H and O–H groups in total. The molecule has 0 heterocycles. The van der Waals surface area contributed by atoms with E-state index < -0.39 is 6.10 Å². The molecule has 0 aliphatic carbocycles. The van der Waals surface area contributed by atoms with Crippen LogP contribution in [0.15, 0.2) is 0 Å². The standard InChI is InChI=1S/C11H24N2O2/c1-5-11(12,6-2)8-13-10(14)9(4)15-7-3/h9H,5-8,12H2,1-4H3,(H,13,14). The zero-order valence-electron chi connectivity index (χ0n) is 10.3. The third-order valence-electron chi connectivity index (χ3n) is 2.81. The van der Waals surface area contributed by atoms with Gasteiger partial charge in [-0.3, -0.25) is 4.79 Å². The highest BCUT2D eigenvalue weighted by molar-refractivity contribution is 5.80. The summed E-state index contributed by atoms with van der Waals surface area (Å²) in [5.41, 5.74) is 5.77. The quantitative estimate of drug-likeness (QED) is 0.668. The first-order chi connectivity index (χ1) is 6.99. The number of hydrogen-bond acceptors (Lipinski definition) is 3. The molecule has 0 saturated heterocycles. The van der Waals surface area contributed by atoms with E-state index in [1.54, 1.807) is 6.92 Å². The minimum atomic E-state index is -0.395. The van der Waals surface area contributed by atoms with E-state index >= 15 is 0 Å². The first-order valence-electron chi connectivity index (χ1n) is 5.67. The average Bonchev–Trinajstić information content (AvgIpc) is 2.25. The molecule has 90 valence electrons. The molecule has 0 spiro atoms.